The van der Waals surface area contributed by atoms with Crippen molar-refractivity contribution in [3.05, 3.63) is 28.3 Å². The molecule has 7 nitrogen and oxygen atoms in total. The molecule has 0 aliphatic carbocycles. The number of nitrogens with one attached hydrogen (secondary N) is 2. The molecule has 0 aromatic heterocycles. The van der Waals surface area contributed by atoms with Crippen LogP contribution in [0, 0.1) is 15.5 Å². The molecule has 0 unspecified atom stereocenters. The highest BCUT2D eigenvalue weighted by Gasteiger charge is 2.18. The fourth-order valence-corrected chi connectivity index (χ4v) is 1.89. The van der Waals surface area contributed by atoms with Crippen molar-refractivity contribution in [2.24, 2.45) is 11.3 Å². The minimum absolute atomic E-state index is 0.0103. The second-order valence-corrected chi connectivity index (χ2v) is 5.51. The van der Waals surface area contributed by atoms with Crippen LogP contribution in [0.5, 0.6) is 0 Å². The van der Waals surface area contributed by atoms with Crippen molar-refractivity contribution in [1.29, 1.82) is 0 Å². The lowest BCUT2D eigenvalue weighted by molar-refractivity contribution is -0.384. The summed E-state index contributed by atoms with van der Waals surface area (Å²) in [6.45, 7) is 4.98. The summed E-state index contributed by atoms with van der Waals surface area (Å²) in [7, 11) is 0. The van der Waals surface area contributed by atoms with Crippen LogP contribution in [-0.2, 0) is 0 Å². The lowest BCUT2D eigenvalue weighted by atomic mass is 9.88. The van der Waals surface area contributed by atoms with Gasteiger partial charge in [-0.1, -0.05) is 13.8 Å². The number of aliphatic hydroxyl groups is 1. The SMILES string of the molecule is CC(C)(CCCO)CNc1cc(NN)cc([N+](=O)[O-])c1. The minimum atomic E-state index is -0.455. The molecule has 0 bridgehead atoms. The summed E-state index contributed by atoms with van der Waals surface area (Å²) >= 11 is 0. The number of hydrogen-bond acceptors (Lipinski definition) is 6. The number of aliphatic hydroxyl groups excluding tert-OH is 1. The van der Waals surface area contributed by atoms with Crippen LogP contribution in [-0.4, -0.2) is 23.2 Å². The van der Waals surface area contributed by atoms with Gasteiger partial charge < -0.3 is 15.8 Å². The van der Waals surface area contributed by atoms with Gasteiger partial charge in [0.25, 0.3) is 5.69 Å². The third-order valence-electron chi connectivity index (χ3n) is 3.08. The van der Waals surface area contributed by atoms with Crippen LogP contribution in [0.4, 0.5) is 17.1 Å². The molecule has 0 saturated carbocycles. The van der Waals surface area contributed by atoms with Crippen LogP contribution in [0.15, 0.2) is 18.2 Å². The summed E-state index contributed by atoms with van der Waals surface area (Å²) in [6, 6.07) is 4.57. The van der Waals surface area contributed by atoms with E-state index >= 15 is 0 Å². The first-order valence-corrected chi connectivity index (χ1v) is 6.49. The average Bonchev–Trinajstić information content (AvgIpc) is 2.42. The first-order valence-electron chi connectivity index (χ1n) is 6.49. The Labute approximate surface area is 118 Å². The monoisotopic (exact) mass is 282 g/mol. The second kappa shape index (κ2) is 7.06. The standard InChI is InChI=1S/C13H22N4O3/c1-13(2,4-3-5-18)9-15-10-6-11(16-14)8-12(7-10)17(19)20/h6-8,15-16,18H,3-5,9,14H2,1-2H3. The van der Waals surface area contributed by atoms with Gasteiger partial charge in [-0.15, -0.1) is 0 Å². The zero-order valence-corrected chi connectivity index (χ0v) is 11.8. The Morgan fingerprint density at radius 1 is 1.35 bits per heavy atom. The number of hydrazine groups is 1. The van der Waals surface area contributed by atoms with Crippen LogP contribution in [0.25, 0.3) is 0 Å². The average molecular weight is 282 g/mol. The fraction of sp³-hybridized carbons (Fsp3) is 0.538. The Morgan fingerprint density at radius 2 is 2.00 bits per heavy atom. The maximum absolute atomic E-state index is 10.8. The molecule has 1 aromatic rings. The summed E-state index contributed by atoms with van der Waals surface area (Å²) in [5, 5.41) is 22.9. The van der Waals surface area contributed by atoms with Crippen LogP contribution >= 0.6 is 0 Å². The molecule has 0 saturated heterocycles. The Bertz CT molecular complexity index is 463. The van der Waals surface area contributed by atoms with Crippen LogP contribution in [0.2, 0.25) is 0 Å². The van der Waals surface area contributed by atoms with Gasteiger partial charge in [0.2, 0.25) is 0 Å². The van der Waals surface area contributed by atoms with Crippen LogP contribution < -0.4 is 16.6 Å². The molecule has 0 aliphatic heterocycles. The van der Waals surface area contributed by atoms with Gasteiger partial charge in [-0.25, -0.2) is 0 Å². The van der Waals surface area contributed by atoms with E-state index in [1.54, 1.807) is 6.07 Å². The normalized spacial score (nSPS) is 11.2. The molecule has 0 atom stereocenters. The van der Waals surface area contributed by atoms with E-state index in [9.17, 15) is 10.1 Å². The van der Waals surface area contributed by atoms with Crippen LogP contribution in [0.3, 0.4) is 0 Å². The van der Waals surface area contributed by atoms with Gasteiger partial charge in [-0.3, -0.25) is 16.0 Å². The van der Waals surface area contributed by atoms with Crippen molar-refractivity contribution in [2.75, 3.05) is 23.9 Å². The van der Waals surface area contributed by atoms with E-state index in [4.69, 9.17) is 10.9 Å². The van der Waals surface area contributed by atoms with Gasteiger partial charge in [0.15, 0.2) is 0 Å². The molecule has 1 rings (SSSR count). The van der Waals surface area contributed by atoms with E-state index in [1.807, 2.05) is 0 Å². The summed E-state index contributed by atoms with van der Waals surface area (Å²) in [6.07, 6.45) is 1.60. The lowest BCUT2D eigenvalue weighted by Gasteiger charge is -2.25. The van der Waals surface area contributed by atoms with E-state index in [0.717, 1.165) is 12.8 Å². The molecular weight excluding hydrogens is 260 g/mol. The zero-order valence-electron chi connectivity index (χ0n) is 11.8. The van der Waals surface area contributed by atoms with Crippen molar-refractivity contribution < 1.29 is 10.0 Å². The van der Waals surface area contributed by atoms with Crippen molar-refractivity contribution in [2.45, 2.75) is 26.7 Å². The molecule has 20 heavy (non-hydrogen) atoms. The Hall–Kier alpha value is -1.86. The maximum Gasteiger partial charge on any atom is 0.273 e. The molecule has 112 valence electrons. The molecule has 1 aromatic carbocycles. The van der Waals surface area contributed by atoms with Gasteiger partial charge in [0, 0.05) is 31.0 Å². The Kier molecular flexibility index (Phi) is 5.72. The summed E-state index contributed by atoms with van der Waals surface area (Å²) in [4.78, 5) is 10.4. The summed E-state index contributed by atoms with van der Waals surface area (Å²) in [5.74, 6) is 5.31. The third-order valence-corrected chi connectivity index (χ3v) is 3.08. The number of nitrogen functional groups attached to an aromatic ring is 1. The van der Waals surface area contributed by atoms with E-state index in [0.29, 0.717) is 17.9 Å². The molecule has 0 fully saturated rings. The van der Waals surface area contributed by atoms with Crippen molar-refractivity contribution in [1.82, 2.24) is 0 Å². The zero-order chi connectivity index (χ0) is 15.2. The molecule has 0 amide bonds. The number of nitro groups is 1. The highest BCUT2D eigenvalue weighted by molar-refractivity contribution is 5.63. The number of hydrogen-bond donors (Lipinski definition) is 4. The van der Waals surface area contributed by atoms with Crippen molar-refractivity contribution in [3.8, 4) is 0 Å². The molecule has 0 spiro atoms. The third kappa shape index (κ3) is 5.02. The highest BCUT2D eigenvalue weighted by atomic mass is 16.6. The molecule has 0 heterocycles. The van der Waals surface area contributed by atoms with Gasteiger partial charge >= 0.3 is 0 Å². The number of nitrogens with two attached hydrogens (primary N) is 1. The number of nitro benzene ring substituents is 1. The van der Waals surface area contributed by atoms with Gasteiger partial charge in [-0.2, -0.15) is 0 Å². The van der Waals surface area contributed by atoms with E-state index in [1.165, 1.54) is 12.1 Å². The Balaban J connectivity index is 2.76. The lowest BCUT2D eigenvalue weighted by Crippen LogP contribution is -2.23. The number of anilines is 2. The minimum Gasteiger partial charge on any atom is -0.396 e. The smallest absolute Gasteiger partial charge is 0.273 e. The predicted molar refractivity (Wildman–Crippen MR) is 79.5 cm³/mol. The largest absolute Gasteiger partial charge is 0.396 e. The van der Waals surface area contributed by atoms with E-state index in [-0.39, 0.29) is 17.7 Å². The number of nitrogens with zero attached hydrogens (tertiary/aromatic N) is 1. The van der Waals surface area contributed by atoms with Gasteiger partial charge in [-0.05, 0) is 24.3 Å². The molecule has 5 N–H and O–H groups in total. The summed E-state index contributed by atoms with van der Waals surface area (Å²) in [5.41, 5.74) is 3.51. The number of benzene rings is 1. The number of non-ortho nitro benzene ring substituents is 1. The molecule has 7 heteroatoms. The van der Waals surface area contributed by atoms with Gasteiger partial charge in [0.1, 0.15) is 0 Å². The van der Waals surface area contributed by atoms with Crippen molar-refractivity contribution in [3.63, 3.8) is 0 Å². The molecular formula is C13H22N4O3. The Morgan fingerprint density at radius 3 is 2.55 bits per heavy atom. The topological polar surface area (TPSA) is 113 Å². The van der Waals surface area contributed by atoms with Crippen molar-refractivity contribution >= 4 is 17.1 Å². The van der Waals surface area contributed by atoms with E-state index < -0.39 is 4.92 Å². The highest BCUT2D eigenvalue weighted by Crippen LogP contribution is 2.27. The molecule has 0 radical (unpaired) electrons. The summed E-state index contributed by atoms with van der Waals surface area (Å²) < 4.78 is 0. The quantitative estimate of drug-likeness (QED) is 0.330. The second-order valence-electron chi connectivity index (χ2n) is 5.51. The van der Waals surface area contributed by atoms with Crippen LogP contribution in [0.1, 0.15) is 26.7 Å². The van der Waals surface area contributed by atoms with Gasteiger partial charge in [0.05, 0.1) is 10.6 Å². The maximum atomic E-state index is 10.8. The number of rotatable bonds is 8. The first kappa shape index (κ1) is 16.2. The first-order chi connectivity index (χ1) is 9.38. The fourth-order valence-electron chi connectivity index (χ4n) is 1.89. The molecule has 0 aliphatic rings. The predicted octanol–water partition coefficient (Wildman–Crippen LogP) is 2.09. The van der Waals surface area contributed by atoms with E-state index in [2.05, 4.69) is 24.6 Å².